The average Bonchev–Trinajstić information content (AvgIpc) is 3.71. The maximum absolute atomic E-state index is 14.2. The predicted octanol–water partition coefficient (Wildman–Crippen LogP) is 7.96. The van der Waals surface area contributed by atoms with Crippen molar-refractivity contribution in [3.8, 4) is 11.8 Å². The van der Waals surface area contributed by atoms with Crippen molar-refractivity contribution in [1.29, 1.82) is 5.26 Å². The molecule has 54 heavy (non-hydrogen) atoms. The Kier molecular flexibility index (Phi) is 17.7. The van der Waals surface area contributed by atoms with Crippen LogP contribution in [0, 0.1) is 11.3 Å². The van der Waals surface area contributed by atoms with Gasteiger partial charge in [0.05, 0.1) is 23.5 Å². The van der Waals surface area contributed by atoms with E-state index in [4.69, 9.17) is 24.3 Å². The highest BCUT2D eigenvalue weighted by Gasteiger charge is 2.57. The van der Waals surface area contributed by atoms with Gasteiger partial charge in [-0.3, -0.25) is 9.32 Å². The molecule has 1 aromatic carbocycles. The van der Waals surface area contributed by atoms with Crippen LogP contribution < -0.4 is 15.3 Å². The van der Waals surface area contributed by atoms with Gasteiger partial charge in [0.25, 0.3) is 0 Å². The molecule has 4 rings (SSSR count). The standard InChI is InChI=1S/C40H60N5O8P/c1-3-4-5-6-7-8-9-10-11-12-13-14-15-16-17-21-28-50-39(48)31(2)44-54(49,53-32-22-19-18-20-23-32)51-30-40(29-41)38(47)36(46)37(52-40)35-25-24-34-33(42)26-27-43-45(34)35/h18-20,22-27,31,36-38,46-47H,3-17,21,28,30,42H2,1-2H3,(H,44,49)/t31-,36-,37-,38-,40+,54?/m0/s1. The summed E-state index contributed by atoms with van der Waals surface area (Å²) in [7, 11) is -4.42. The highest BCUT2D eigenvalue weighted by Crippen LogP contribution is 2.48. The lowest BCUT2D eigenvalue weighted by atomic mass is 9.96. The molecular formula is C40H60N5O8P. The average molecular weight is 770 g/mol. The van der Waals surface area contributed by atoms with E-state index in [1.165, 1.54) is 94.7 Å². The Hall–Kier alpha value is -3.50. The van der Waals surface area contributed by atoms with Crippen LogP contribution in [0.5, 0.6) is 5.75 Å². The largest absolute Gasteiger partial charge is 0.465 e. The summed E-state index contributed by atoms with van der Waals surface area (Å²) in [6.07, 6.45) is 16.8. The van der Waals surface area contributed by atoms with Crippen LogP contribution in [0.25, 0.3) is 5.52 Å². The number of aliphatic hydroxyl groups is 2. The number of carbonyl (C=O) groups excluding carboxylic acids is 1. The first kappa shape index (κ1) is 43.2. The number of hydrogen-bond acceptors (Lipinski definition) is 11. The van der Waals surface area contributed by atoms with Crippen molar-refractivity contribution in [3.05, 3.63) is 60.4 Å². The molecule has 1 fully saturated rings. The van der Waals surface area contributed by atoms with Crippen molar-refractivity contribution in [2.45, 2.75) is 147 Å². The third-order valence-electron chi connectivity index (χ3n) is 9.91. The molecule has 0 amide bonds. The van der Waals surface area contributed by atoms with E-state index >= 15 is 0 Å². The summed E-state index contributed by atoms with van der Waals surface area (Å²) in [5.74, 6) is -0.479. The number of nitrogens with zero attached hydrogens (tertiary/aromatic N) is 3. The van der Waals surface area contributed by atoms with E-state index in [1.54, 1.807) is 48.5 Å². The van der Waals surface area contributed by atoms with E-state index in [2.05, 4.69) is 17.1 Å². The maximum atomic E-state index is 14.2. The molecule has 3 aromatic rings. The minimum Gasteiger partial charge on any atom is -0.465 e. The number of carbonyl (C=O) groups is 1. The number of nitrogen functional groups attached to an aromatic ring is 1. The van der Waals surface area contributed by atoms with Crippen molar-refractivity contribution in [3.63, 3.8) is 0 Å². The van der Waals surface area contributed by atoms with E-state index < -0.39 is 50.3 Å². The van der Waals surface area contributed by atoms with Crippen molar-refractivity contribution < 1.29 is 38.1 Å². The molecule has 3 heterocycles. The van der Waals surface area contributed by atoms with E-state index in [1.807, 2.05) is 6.07 Å². The molecule has 13 nitrogen and oxygen atoms in total. The number of nitrogens with two attached hydrogens (primary N) is 1. The van der Waals surface area contributed by atoms with Crippen LogP contribution in [0.3, 0.4) is 0 Å². The van der Waals surface area contributed by atoms with Crippen molar-refractivity contribution in [1.82, 2.24) is 14.7 Å². The summed E-state index contributed by atoms with van der Waals surface area (Å²) in [6, 6.07) is 13.9. The van der Waals surface area contributed by atoms with Gasteiger partial charge in [-0.05, 0) is 43.7 Å². The Morgan fingerprint density at radius 3 is 2.15 bits per heavy atom. The quantitative estimate of drug-likeness (QED) is 0.0351. The van der Waals surface area contributed by atoms with Gasteiger partial charge in [0.15, 0.2) is 0 Å². The van der Waals surface area contributed by atoms with Crippen molar-refractivity contribution >= 4 is 24.9 Å². The number of esters is 1. The van der Waals surface area contributed by atoms with Gasteiger partial charge in [-0.1, -0.05) is 121 Å². The molecule has 6 atom stereocenters. The molecule has 14 heteroatoms. The molecule has 0 saturated carbocycles. The third-order valence-corrected chi connectivity index (χ3v) is 11.5. The topological polar surface area (TPSA) is 191 Å². The molecule has 1 aliphatic heterocycles. The maximum Gasteiger partial charge on any atom is 0.459 e. The zero-order chi connectivity index (χ0) is 38.8. The Bertz CT molecular complexity index is 1650. The lowest BCUT2D eigenvalue weighted by molar-refractivity contribution is -0.145. The number of nitrogens with one attached hydrogen (secondary N) is 1. The molecular weight excluding hydrogens is 709 g/mol. The predicted molar refractivity (Wildman–Crippen MR) is 208 cm³/mol. The second-order valence-electron chi connectivity index (χ2n) is 14.3. The molecule has 1 saturated heterocycles. The summed E-state index contributed by atoms with van der Waals surface area (Å²) >= 11 is 0. The number of fused-ring (bicyclic) bond motifs is 1. The molecule has 1 aliphatic rings. The van der Waals surface area contributed by atoms with Crippen LogP contribution in [0.15, 0.2) is 54.7 Å². The highest BCUT2D eigenvalue weighted by molar-refractivity contribution is 7.52. The van der Waals surface area contributed by atoms with Gasteiger partial charge < -0.3 is 29.9 Å². The van der Waals surface area contributed by atoms with Crippen LogP contribution in [0.4, 0.5) is 5.69 Å². The van der Waals surface area contributed by atoms with Crippen molar-refractivity contribution in [2.75, 3.05) is 18.9 Å². The lowest BCUT2D eigenvalue weighted by Gasteiger charge is -2.28. The van der Waals surface area contributed by atoms with E-state index in [-0.39, 0.29) is 12.4 Å². The number of hydrogen-bond donors (Lipinski definition) is 4. The number of nitriles is 1. The van der Waals surface area contributed by atoms with Crippen molar-refractivity contribution in [2.24, 2.45) is 0 Å². The van der Waals surface area contributed by atoms with Gasteiger partial charge >= 0.3 is 13.7 Å². The van der Waals surface area contributed by atoms with Crippen LogP contribution >= 0.6 is 7.75 Å². The van der Waals surface area contributed by atoms with Crippen LogP contribution in [-0.4, -0.2) is 62.9 Å². The summed E-state index contributed by atoms with van der Waals surface area (Å²) in [6.45, 7) is 3.16. The smallest absolute Gasteiger partial charge is 0.459 e. The summed E-state index contributed by atoms with van der Waals surface area (Å²) in [5.41, 5.74) is 5.20. The summed E-state index contributed by atoms with van der Waals surface area (Å²) < 4.78 is 38.5. The normalized spacial score (nSPS) is 21.4. The SMILES string of the molecule is CCCCCCCCCCCCCCCCCCOC(=O)[C@H](C)NP(=O)(OC[C@@]1(C#N)O[C@@H](c2ccc3c(N)ccnn23)[C@H](O)[C@@H]1O)Oc1ccccc1. The Balaban J connectivity index is 1.22. The van der Waals surface area contributed by atoms with Gasteiger partial charge in [0.2, 0.25) is 5.60 Å². The molecule has 0 spiro atoms. The molecule has 2 aromatic heterocycles. The first-order valence-electron chi connectivity index (χ1n) is 19.7. The number of rotatable bonds is 26. The zero-order valence-corrected chi connectivity index (χ0v) is 32.8. The third kappa shape index (κ3) is 12.5. The minimum atomic E-state index is -4.42. The Morgan fingerprint density at radius 2 is 1.56 bits per heavy atom. The molecule has 0 aliphatic carbocycles. The highest BCUT2D eigenvalue weighted by atomic mass is 31.2. The van der Waals surface area contributed by atoms with Gasteiger partial charge in [0, 0.05) is 6.20 Å². The van der Waals surface area contributed by atoms with E-state index in [9.17, 15) is 24.8 Å². The summed E-state index contributed by atoms with van der Waals surface area (Å²) in [4.78, 5) is 12.9. The lowest BCUT2D eigenvalue weighted by Crippen LogP contribution is -2.46. The van der Waals surface area contributed by atoms with E-state index in [0.717, 1.165) is 19.3 Å². The van der Waals surface area contributed by atoms with Crippen LogP contribution in [0.2, 0.25) is 0 Å². The molecule has 298 valence electrons. The molecule has 0 bridgehead atoms. The second-order valence-corrected chi connectivity index (χ2v) is 16.0. The minimum absolute atomic E-state index is 0.169. The molecule has 1 unspecified atom stereocenters. The van der Waals surface area contributed by atoms with Gasteiger partial charge in [-0.2, -0.15) is 15.4 Å². The molecule has 0 radical (unpaired) electrons. The number of benzene rings is 1. The number of para-hydroxylation sites is 1. The number of aliphatic hydroxyl groups excluding tert-OH is 2. The van der Waals surface area contributed by atoms with Gasteiger partial charge in [-0.25, -0.2) is 9.08 Å². The monoisotopic (exact) mass is 769 g/mol. The Labute approximate surface area is 320 Å². The van der Waals surface area contributed by atoms with Gasteiger partial charge in [-0.15, -0.1) is 0 Å². The van der Waals surface area contributed by atoms with E-state index in [0.29, 0.717) is 23.3 Å². The van der Waals surface area contributed by atoms with Crippen LogP contribution in [0.1, 0.15) is 128 Å². The number of anilines is 1. The Morgan fingerprint density at radius 1 is 0.963 bits per heavy atom. The van der Waals surface area contributed by atoms with Crippen LogP contribution in [-0.2, 0) is 23.4 Å². The first-order chi connectivity index (χ1) is 26.1. The molecule has 5 N–H and O–H groups in total. The fourth-order valence-electron chi connectivity index (χ4n) is 6.69. The number of ether oxygens (including phenoxy) is 2. The fourth-order valence-corrected chi connectivity index (χ4v) is 8.21. The fraction of sp³-hybridized carbons (Fsp3) is 0.625. The van der Waals surface area contributed by atoms with Gasteiger partial charge in [0.1, 0.15) is 42.8 Å². The first-order valence-corrected chi connectivity index (χ1v) is 21.3. The second kappa shape index (κ2) is 22.2. The summed E-state index contributed by atoms with van der Waals surface area (Å²) in [5, 5.41) is 39.2. The number of aromatic nitrogens is 2. The number of unbranched alkanes of at least 4 members (excludes halogenated alkanes) is 15. The zero-order valence-electron chi connectivity index (χ0n) is 31.9.